The Morgan fingerprint density at radius 3 is 2.50 bits per heavy atom. The van der Waals surface area contributed by atoms with Gasteiger partial charge in [0.1, 0.15) is 0 Å². The summed E-state index contributed by atoms with van der Waals surface area (Å²) >= 11 is 0. The molecule has 1 saturated heterocycles. The first-order valence-electron chi connectivity index (χ1n) is 3.25. The van der Waals surface area contributed by atoms with Gasteiger partial charge in [-0.3, -0.25) is 0 Å². The first-order chi connectivity index (χ1) is 3.80. The van der Waals surface area contributed by atoms with Crippen LogP contribution in [0.3, 0.4) is 0 Å². The van der Waals surface area contributed by atoms with Crippen LogP contribution in [0, 0.1) is 5.92 Å². The molecule has 0 saturated carbocycles. The van der Waals surface area contributed by atoms with Gasteiger partial charge in [-0.05, 0) is 12.8 Å². The van der Waals surface area contributed by atoms with E-state index >= 15 is 0 Å². The molecule has 1 aliphatic heterocycles. The highest BCUT2D eigenvalue weighted by molar-refractivity contribution is 4.73. The van der Waals surface area contributed by atoms with E-state index in [2.05, 4.69) is 24.5 Å². The molecule has 0 radical (unpaired) electrons. The van der Waals surface area contributed by atoms with Gasteiger partial charge in [0.05, 0.1) is 0 Å². The van der Waals surface area contributed by atoms with Crippen LogP contribution >= 0.6 is 0 Å². The monoisotopic (exact) mass is 114 g/mol. The zero-order chi connectivity index (χ0) is 5.98. The number of rotatable bonds is 0. The van der Waals surface area contributed by atoms with Crippen molar-refractivity contribution in [3.63, 3.8) is 0 Å². The normalized spacial score (nSPS) is 39.8. The summed E-state index contributed by atoms with van der Waals surface area (Å²) in [5.74, 6) is 0.781. The largest absolute Gasteiger partial charge is 0.304 e. The van der Waals surface area contributed by atoms with Gasteiger partial charge in [0.15, 0.2) is 0 Å². The van der Waals surface area contributed by atoms with Crippen molar-refractivity contribution < 1.29 is 0 Å². The van der Waals surface area contributed by atoms with Crippen molar-refractivity contribution in [2.24, 2.45) is 5.92 Å². The van der Waals surface area contributed by atoms with Crippen molar-refractivity contribution in [2.45, 2.75) is 19.9 Å². The molecule has 1 rings (SSSR count). The van der Waals surface area contributed by atoms with Crippen LogP contribution in [-0.2, 0) is 0 Å². The maximum absolute atomic E-state index is 3.32. The first-order valence-corrected chi connectivity index (χ1v) is 3.25. The fourth-order valence-corrected chi connectivity index (χ4v) is 0.911. The second-order valence-electron chi connectivity index (χ2n) is 2.60. The summed E-state index contributed by atoms with van der Waals surface area (Å²) in [6.45, 7) is 6.62. The van der Waals surface area contributed by atoms with E-state index in [1.165, 1.54) is 0 Å². The minimum Gasteiger partial charge on any atom is -0.304 e. The molecule has 1 aliphatic rings. The quantitative estimate of drug-likeness (QED) is 0.469. The second-order valence-corrected chi connectivity index (χ2v) is 2.60. The molecule has 0 bridgehead atoms. The van der Waals surface area contributed by atoms with Gasteiger partial charge in [0.25, 0.3) is 0 Å². The van der Waals surface area contributed by atoms with E-state index < -0.39 is 0 Å². The lowest BCUT2D eigenvalue weighted by atomic mass is 10.0. The zero-order valence-electron chi connectivity index (χ0n) is 5.57. The Kier molecular flexibility index (Phi) is 1.86. The van der Waals surface area contributed by atoms with Crippen LogP contribution in [-0.4, -0.2) is 19.3 Å². The summed E-state index contributed by atoms with van der Waals surface area (Å²) in [6, 6.07) is 0.691. The molecule has 1 fully saturated rings. The molecule has 0 aromatic heterocycles. The van der Waals surface area contributed by atoms with E-state index in [0.717, 1.165) is 19.1 Å². The van der Waals surface area contributed by atoms with Crippen LogP contribution in [0.5, 0.6) is 0 Å². The van der Waals surface area contributed by atoms with Gasteiger partial charge in [0.2, 0.25) is 0 Å². The molecular weight excluding hydrogens is 100 g/mol. The Morgan fingerprint density at radius 2 is 2.12 bits per heavy atom. The van der Waals surface area contributed by atoms with Crippen molar-refractivity contribution in [1.29, 1.82) is 0 Å². The van der Waals surface area contributed by atoms with Crippen LogP contribution in [0.15, 0.2) is 0 Å². The van der Waals surface area contributed by atoms with Crippen molar-refractivity contribution in [1.82, 2.24) is 10.6 Å². The lowest BCUT2D eigenvalue weighted by Crippen LogP contribution is -2.48. The molecular formula is C6H14N2. The summed E-state index contributed by atoms with van der Waals surface area (Å²) in [6.07, 6.45) is 0. The van der Waals surface area contributed by atoms with Gasteiger partial charge in [-0.25, -0.2) is 0 Å². The number of nitrogens with one attached hydrogen (secondary N) is 2. The molecule has 1 heterocycles. The molecule has 0 aliphatic carbocycles. The average molecular weight is 114 g/mol. The SMILES string of the molecule is CC1CNCNC1C. The summed E-state index contributed by atoms with van der Waals surface area (Å²) in [4.78, 5) is 0. The van der Waals surface area contributed by atoms with E-state index in [-0.39, 0.29) is 0 Å². The maximum Gasteiger partial charge on any atom is 0.0456 e. The Bertz CT molecular complexity index is 62.9. The standard InChI is InChI=1S/C6H14N2/c1-5-3-7-4-8-6(5)2/h5-8H,3-4H2,1-2H3. The minimum absolute atomic E-state index is 0.691. The third-order valence-corrected chi connectivity index (χ3v) is 1.87. The number of hydrogen-bond acceptors (Lipinski definition) is 2. The van der Waals surface area contributed by atoms with Crippen LogP contribution < -0.4 is 10.6 Å². The topological polar surface area (TPSA) is 24.1 Å². The van der Waals surface area contributed by atoms with Gasteiger partial charge in [0, 0.05) is 19.3 Å². The zero-order valence-corrected chi connectivity index (χ0v) is 5.57. The van der Waals surface area contributed by atoms with Crippen LogP contribution in [0.25, 0.3) is 0 Å². The molecule has 0 aromatic rings. The molecule has 2 nitrogen and oxygen atoms in total. The summed E-state index contributed by atoms with van der Waals surface area (Å²) in [5, 5.41) is 6.57. The van der Waals surface area contributed by atoms with Crippen LogP contribution in [0.2, 0.25) is 0 Å². The fourth-order valence-electron chi connectivity index (χ4n) is 0.911. The van der Waals surface area contributed by atoms with E-state index in [9.17, 15) is 0 Å². The lowest BCUT2D eigenvalue weighted by molar-refractivity contribution is 0.315. The third-order valence-electron chi connectivity index (χ3n) is 1.87. The van der Waals surface area contributed by atoms with Gasteiger partial charge >= 0.3 is 0 Å². The smallest absolute Gasteiger partial charge is 0.0456 e. The number of hydrogen-bond donors (Lipinski definition) is 2. The van der Waals surface area contributed by atoms with Gasteiger partial charge in [-0.2, -0.15) is 0 Å². The van der Waals surface area contributed by atoms with E-state index in [4.69, 9.17) is 0 Å². The summed E-state index contributed by atoms with van der Waals surface area (Å²) < 4.78 is 0. The minimum atomic E-state index is 0.691. The predicted octanol–water partition coefficient (Wildman–Crippen LogP) is 0.161. The van der Waals surface area contributed by atoms with Gasteiger partial charge in [-0.15, -0.1) is 0 Å². The fraction of sp³-hybridized carbons (Fsp3) is 1.00. The highest BCUT2D eigenvalue weighted by atomic mass is 15.1. The molecule has 0 spiro atoms. The molecule has 2 N–H and O–H groups in total. The van der Waals surface area contributed by atoms with Gasteiger partial charge < -0.3 is 10.6 Å². The van der Waals surface area contributed by atoms with E-state index in [0.29, 0.717) is 6.04 Å². The predicted molar refractivity (Wildman–Crippen MR) is 34.6 cm³/mol. The van der Waals surface area contributed by atoms with Gasteiger partial charge in [-0.1, -0.05) is 6.92 Å². The molecule has 2 heteroatoms. The van der Waals surface area contributed by atoms with Crippen molar-refractivity contribution in [2.75, 3.05) is 13.2 Å². The highest BCUT2D eigenvalue weighted by Gasteiger charge is 2.14. The van der Waals surface area contributed by atoms with Crippen molar-refractivity contribution in [3.05, 3.63) is 0 Å². The first kappa shape index (κ1) is 6.05. The molecule has 2 atom stereocenters. The molecule has 0 aromatic carbocycles. The van der Waals surface area contributed by atoms with Crippen molar-refractivity contribution in [3.8, 4) is 0 Å². The summed E-state index contributed by atoms with van der Waals surface area (Å²) in [5.41, 5.74) is 0. The molecule has 48 valence electrons. The van der Waals surface area contributed by atoms with E-state index in [1.807, 2.05) is 0 Å². The molecule has 2 unspecified atom stereocenters. The molecule has 8 heavy (non-hydrogen) atoms. The highest BCUT2D eigenvalue weighted by Crippen LogP contribution is 2.02. The molecule has 0 amide bonds. The van der Waals surface area contributed by atoms with Crippen LogP contribution in [0.4, 0.5) is 0 Å². The lowest BCUT2D eigenvalue weighted by Gasteiger charge is -2.27. The average Bonchev–Trinajstić information content (AvgIpc) is 1.77. The van der Waals surface area contributed by atoms with E-state index in [1.54, 1.807) is 0 Å². The second kappa shape index (κ2) is 2.46. The Balaban J connectivity index is 2.28. The third kappa shape index (κ3) is 1.20. The van der Waals surface area contributed by atoms with Crippen LogP contribution in [0.1, 0.15) is 13.8 Å². The Labute approximate surface area is 50.7 Å². The summed E-state index contributed by atoms with van der Waals surface area (Å²) in [7, 11) is 0. The Morgan fingerprint density at radius 1 is 1.38 bits per heavy atom. The maximum atomic E-state index is 3.32. The van der Waals surface area contributed by atoms with Crippen molar-refractivity contribution >= 4 is 0 Å². The Hall–Kier alpha value is -0.0800.